The maximum absolute atomic E-state index is 11.8. The number of carbonyl (C=O) groups is 1. The van der Waals surface area contributed by atoms with Gasteiger partial charge in [-0.1, -0.05) is 12.1 Å². The Bertz CT molecular complexity index is 705. The molecule has 1 amide bonds. The Morgan fingerprint density at radius 2 is 2.20 bits per heavy atom. The van der Waals surface area contributed by atoms with E-state index < -0.39 is 0 Å². The number of hydrogen-bond acceptors (Lipinski definition) is 4. The van der Waals surface area contributed by atoms with Crippen molar-refractivity contribution in [2.45, 2.75) is 19.4 Å². The molecule has 0 aliphatic rings. The molecule has 0 fully saturated rings. The minimum Gasteiger partial charge on any atom is -0.349 e. The molecule has 0 spiro atoms. The van der Waals surface area contributed by atoms with E-state index in [1.165, 1.54) is 4.88 Å². The quantitative estimate of drug-likeness (QED) is 0.781. The molecule has 3 aromatic rings. The molecule has 5 nitrogen and oxygen atoms in total. The summed E-state index contributed by atoms with van der Waals surface area (Å²) in [5.74, 6) is 0.774. The molecule has 1 N–H and O–H groups in total. The summed E-state index contributed by atoms with van der Waals surface area (Å²) in [7, 11) is 0. The van der Waals surface area contributed by atoms with Crippen LogP contribution in [-0.2, 0) is 17.8 Å². The summed E-state index contributed by atoms with van der Waals surface area (Å²) in [5.41, 5.74) is 0.787. The van der Waals surface area contributed by atoms with E-state index in [1.54, 1.807) is 11.3 Å². The molecule has 6 heteroatoms. The number of aromatic nitrogens is 3. The van der Waals surface area contributed by atoms with Gasteiger partial charge >= 0.3 is 0 Å². The second-order valence-corrected chi connectivity index (χ2v) is 5.43. The van der Waals surface area contributed by atoms with E-state index in [9.17, 15) is 4.79 Å². The molecular weight excluding hydrogens is 272 g/mol. The third-order valence-corrected chi connectivity index (χ3v) is 3.94. The highest BCUT2D eigenvalue weighted by atomic mass is 32.1. The first-order chi connectivity index (χ1) is 9.83. The fourth-order valence-corrected chi connectivity index (χ4v) is 2.68. The maximum Gasteiger partial charge on any atom is 0.220 e. The summed E-state index contributed by atoms with van der Waals surface area (Å²) < 4.78 is 1.87. The number of hydrogen-bond donors (Lipinski definition) is 1. The van der Waals surface area contributed by atoms with E-state index in [0.29, 0.717) is 13.0 Å². The van der Waals surface area contributed by atoms with Crippen LogP contribution in [0.2, 0.25) is 0 Å². The van der Waals surface area contributed by atoms with E-state index in [2.05, 4.69) is 15.5 Å². The van der Waals surface area contributed by atoms with Crippen LogP contribution in [0.4, 0.5) is 0 Å². The Kier molecular flexibility index (Phi) is 3.73. The van der Waals surface area contributed by atoms with Crippen molar-refractivity contribution in [3.63, 3.8) is 0 Å². The molecule has 0 aliphatic carbocycles. The summed E-state index contributed by atoms with van der Waals surface area (Å²) >= 11 is 1.68. The molecule has 0 saturated heterocycles. The minimum absolute atomic E-state index is 0.0334. The highest BCUT2D eigenvalue weighted by molar-refractivity contribution is 7.09. The van der Waals surface area contributed by atoms with Crippen molar-refractivity contribution in [2.24, 2.45) is 0 Å². The average molecular weight is 286 g/mol. The molecule has 0 bridgehead atoms. The fourth-order valence-electron chi connectivity index (χ4n) is 1.97. The van der Waals surface area contributed by atoms with Gasteiger partial charge in [0, 0.05) is 17.5 Å². The van der Waals surface area contributed by atoms with Gasteiger partial charge in [0.25, 0.3) is 0 Å². The van der Waals surface area contributed by atoms with E-state index >= 15 is 0 Å². The van der Waals surface area contributed by atoms with Crippen molar-refractivity contribution in [3.05, 3.63) is 52.6 Å². The van der Waals surface area contributed by atoms with Crippen LogP contribution >= 0.6 is 11.3 Å². The largest absolute Gasteiger partial charge is 0.349 e. The van der Waals surface area contributed by atoms with Gasteiger partial charge in [0.1, 0.15) is 0 Å². The van der Waals surface area contributed by atoms with Crippen molar-refractivity contribution < 1.29 is 4.79 Å². The Morgan fingerprint density at radius 3 is 3.05 bits per heavy atom. The molecule has 0 saturated carbocycles. The third kappa shape index (κ3) is 2.85. The van der Waals surface area contributed by atoms with Gasteiger partial charge in [0.2, 0.25) is 5.91 Å². The standard InChI is InChI=1S/C14H14N4OS/c19-14(7-6-11-4-3-9-20-11)15-10-13-17-16-12-5-1-2-8-18(12)13/h1-5,8-9H,6-7,10H2,(H,15,19). The predicted molar refractivity (Wildman–Crippen MR) is 77.5 cm³/mol. The van der Waals surface area contributed by atoms with Crippen LogP contribution in [0, 0.1) is 0 Å². The summed E-state index contributed by atoms with van der Waals surface area (Å²) in [6, 6.07) is 9.76. The topological polar surface area (TPSA) is 59.3 Å². The lowest BCUT2D eigenvalue weighted by Crippen LogP contribution is -2.24. The van der Waals surface area contributed by atoms with Crippen molar-refractivity contribution in [2.75, 3.05) is 0 Å². The van der Waals surface area contributed by atoms with Crippen LogP contribution in [-0.4, -0.2) is 20.5 Å². The Labute approximate surface area is 120 Å². The highest BCUT2D eigenvalue weighted by Crippen LogP contribution is 2.10. The van der Waals surface area contributed by atoms with Gasteiger partial charge in [-0.3, -0.25) is 9.20 Å². The first kappa shape index (κ1) is 12.8. The number of carbonyl (C=O) groups excluding carboxylic acids is 1. The molecule has 0 aliphatic heterocycles. The third-order valence-electron chi connectivity index (χ3n) is 3.01. The van der Waals surface area contributed by atoms with Gasteiger partial charge in [-0.25, -0.2) is 0 Å². The second-order valence-electron chi connectivity index (χ2n) is 4.40. The molecule has 0 unspecified atom stereocenters. The summed E-state index contributed by atoms with van der Waals surface area (Å²) in [6.45, 7) is 0.397. The van der Waals surface area contributed by atoms with Crippen molar-refractivity contribution >= 4 is 22.9 Å². The zero-order chi connectivity index (χ0) is 13.8. The molecule has 102 valence electrons. The Hall–Kier alpha value is -2.21. The predicted octanol–water partition coefficient (Wildman–Crippen LogP) is 2.04. The number of thiophene rings is 1. The lowest BCUT2D eigenvalue weighted by Gasteiger charge is -2.03. The number of aryl methyl sites for hydroxylation is 1. The fraction of sp³-hybridized carbons (Fsp3) is 0.214. The number of rotatable bonds is 5. The Morgan fingerprint density at radius 1 is 1.25 bits per heavy atom. The smallest absolute Gasteiger partial charge is 0.220 e. The maximum atomic E-state index is 11.8. The monoisotopic (exact) mass is 286 g/mol. The molecule has 20 heavy (non-hydrogen) atoms. The molecule has 3 heterocycles. The summed E-state index contributed by atoms with van der Waals surface area (Å²) in [4.78, 5) is 13.0. The Balaban J connectivity index is 1.55. The van der Waals surface area contributed by atoms with Gasteiger partial charge in [-0.05, 0) is 30.0 Å². The van der Waals surface area contributed by atoms with Gasteiger partial charge in [-0.2, -0.15) is 0 Å². The van der Waals surface area contributed by atoms with Gasteiger partial charge in [0.15, 0.2) is 11.5 Å². The normalized spacial score (nSPS) is 10.8. The number of nitrogens with one attached hydrogen (secondary N) is 1. The average Bonchev–Trinajstić information content (AvgIpc) is 3.12. The first-order valence-corrected chi connectivity index (χ1v) is 7.28. The summed E-state index contributed by atoms with van der Waals surface area (Å²) in [6.07, 6.45) is 3.17. The zero-order valence-corrected chi connectivity index (χ0v) is 11.6. The highest BCUT2D eigenvalue weighted by Gasteiger charge is 2.07. The molecule has 3 rings (SSSR count). The van der Waals surface area contributed by atoms with Crippen LogP contribution in [0.15, 0.2) is 41.9 Å². The van der Waals surface area contributed by atoms with E-state index in [0.717, 1.165) is 17.9 Å². The van der Waals surface area contributed by atoms with Gasteiger partial charge in [-0.15, -0.1) is 21.5 Å². The van der Waals surface area contributed by atoms with E-state index in [4.69, 9.17) is 0 Å². The second kappa shape index (κ2) is 5.83. The number of amides is 1. The molecule has 0 aromatic carbocycles. The van der Waals surface area contributed by atoms with E-state index in [-0.39, 0.29) is 5.91 Å². The number of fused-ring (bicyclic) bond motifs is 1. The lowest BCUT2D eigenvalue weighted by molar-refractivity contribution is -0.121. The van der Waals surface area contributed by atoms with Crippen LogP contribution in [0.5, 0.6) is 0 Å². The van der Waals surface area contributed by atoms with Gasteiger partial charge in [0.05, 0.1) is 6.54 Å². The van der Waals surface area contributed by atoms with Crippen LogP contribution in [0.25, 0.3) is 5.65 Å². The van der Waals surface area contributed by atoms with Crippen LogP contribution in [0.1, 0.15) is 17.1 Å². The SMILES string of the molecule is O=C(CCc1cccs1)NCc1nnc2ccccn12. The summed E-state index contributed by atoms with van der Waals surface area (Å²) in [5, 5.41) is 13.0. The first-order valence-electron chi connectivity index (χ1n) is 6.40. The van der Waals surface area contributed by atoms with Crippen molar-refractivity contribution in [1.82, 2.24) is 19.9 Å². The van der Waals surface area contributed by atoms with Crippen LogP contribution < -0.4 is 5.32 Å². The zero-order valence-electron chi connectivity index (χ0n) is 10.8. The molecular formula is C14H14N4OS. The minimum atomic E-state index is 0.0334. The number of pyridine rings is 1. The van der Waals surface area contributed by atoms with Crippen molar-refractivity contribution in [1.29, 1.82) is 0 Å². The van der Waals surface area contributed by atoms with E-state index in [1.807, 2.05) is 46.3 Å². The number of nitrogens with zero attached hydrogens (tertiary/aromatic N) is 3. The molecule has 0 radical (unpaired) electrons. The van der Waals surface area contributed by atoms with Crippen molar-refractivity contribution in [3.8, 4) is 0 Å². The lowest BCUT2D eigenvalue weighted by atomic mass is 10.2. The van der Waals surface area contributed by atoms with Gasteiger partial charge < -0.3 is 5.32 Å². The van der Waals surface area contributed by atoms with Crippen LogP contribution in [0.3, 0.4) is 0 Å². The molecule has 3 aromatic heterocycles. The molecule has 0 atom stereocenters.